The quantitative estimate of drug-likeness (QED) is 0.549. The normalized spacial score (nSPS) is 13.2. The fraction of sp³-hybridized carbons (Fsp3) is 0.158. The molecule has 1 aliphatic rings. The maximum absolute atomic E-state index is 12.4. The number of nitrogens with zero attached hydrogens (tertiary/aromatic N) is 1. The van der Waals surface area contributed by atoms with Crippen molar-refractivity contribution in [3.63, 3.8) is 0 Å². The summed E-state index contributed by atoms with van der Waals surface area (Å²) in [6.45, 7) is 0.684. The van der Waals surface area contributed by atoms with Gasteiger partial charge in [-0.3, -0.25) is 9.78 Å². The Hall–Kier alpha value is -3.20. The van der Waals surface area contributed by atoms with Crippen molar-refractivity contribution in [1.29, 1.82) is 0 Å². The number of nitrogens with one attached hydrogen (secondary N) is 3. The van der Waals surface area contributed by atoms with Crippen molar-refractivity contribution in [2.24, 2.45) is 0 Å². The van der Waals surface area contributed by atoms with Gasteiger partial charge in [-0.25, -0.2) is 4.39 Å². The van der Waals surface area contributed by atoms with Gasteiger partial charge in [0.15, 0.2) is 12.1 Å². The molecule has 148 valence electrons. The van der Waals surface area contributed by atoms with Gasteiger partial charge in [-0.2, -0.15) is 13.2 Å². The second-order valence-corrected chi connectivity index (χ2v) is 5.62. The van der Waals surface area contributed by atoms with E-state index in [1.165, 1.54) is 30.5 Å². The number of hydrazine groups is 1. The first-order valence-corrected chi connectivity index (χ1v) is 8.16. The number of aromatic nitrogens is 1. The van der Waals surface area contributed by atoms with Crippen LogP contribution in [0.2, 0.25) is 0 Å². The number of allylic oxidation sites excluding steroid dienone is 2. The summed E-state index contributed by atoms with van der Waals surface area (Å²) in [5.41, 5.74) is 7.52. The topological polar surface area (TPSA) is 66.0 Å². The van der Waals surface area contributed by atoms with Crippen molar-refractivity contribution in [2.45, 2.75) is 6.18 Å². The summed E-state index contributed by atoms with van der Waals surface area (Å²) in [5, 5.41) is 2.99. The summed E-state index contributed by atoms with van der Waals surface area (Å²) in [5.74, 6) is -0.576. The second-order valence-electron chi connectivity index (χ2n) is 5.62. The molecular weight excluding hydrogens is 376 g/mol. The maximum atomic E-state index is 12.4. The van der Waals surface area contributed by atoms with Gasteiger partial charge in [0.2, 0.25) is 0 Å². The summed E-state index contributed by atoms with van der Waals surface area (Å²) >= 11 is 0. The molecule has 5 nitrogen and oxygen atoms in total. The summed E-state index contributed by atoms with van der Waals surface area (Å²) in [4.78, 5) is 13.4. The number of pyridine rings is 1. The number of alkyl halides is 3. The number of carbonyl (C=O) groups is 1. The molecule has 0 radical (unpaired) electrons. The third kappa shape index (κ3) is 5.92. The van der Waals surface area contributed by atoms with Crippen LogP contribution in [0, 0.1) is 5.82 Å². The van der Waals surface area contributed by atoms with E-state index in [0.717, 1.165) is 23.5 Å². The Morgan fingerprint density at radius 2 is 1.82 bits per heavy atom. The van der Waals surface area contributed by atoms with Crippen LogP contribution in [0.1, 0.15) is 21.6 Å². The number of hydrogen-bond acceptors (Lipinski definition) is 5. The molecule has 0 unspecified atom stereocenters. The Bertz CT molecular complexity index is 861. The van der Waals surface area contributed by atoms with E-state index in [2.05, 4.69) is 21.2 Å². The zero-order valence-electron chi connectivity index (χ0n) is 14.8. The first kappa shape index (κ1) is 21.1. The molecule has 0 aliphatic carbocycles. The van der Waals surface area contributed by atoms with E-state index in [1.54, 1.807) is 0 Å². The number of halogens is 4. The smallest absolute Gasteiger partial charge is 0.314 e. The lowest BCUT2D eigenvalue weighted by atomic mass is 10.1. The van der Waals surface area contributed by atoms with E-state index in [0.29, 0.717) is 18.4 Å². The van der Waals surface area contributed by atoms with Crippen molar-refractivity contribution in [2.75, 3.05) is 13.6 Å². The maximum Gasteiger partial charge on any atom is 0.416 e. The van der Waals surface area contributed by atoms with Gasteiger partial charge in [0.25, 0.3) is 0 Å². The molecule has 0 saturated heterocycles. The Labute approximate surface area is 159 Å². The van der Waals surface area contributed by atoms with Crippen LogP contribution in [-0.4, -0.2) is 24.9 Å². The summed E-state index contributed by atoms with van der Waals surface area (Å²) in [6, 6.07) is 7.66. The van der Waals surface area contributed by atoms with Crippen LogP contribution in [0.3, 0.4) is 0 Å². The van der Waals surface area contributed by atoms with Gasteiger partial charge in [0.05, 0.1) is 11.3 Å². The number of likely N-dealkylation sites (N-methyl/N-ethyl adjacent to an activating group) is 1. The van der Waals surface area contributed by atoms with Crippen LogP contribution >= 0.6 is 0 Å². The fourth-order valence-corrected chi connectivity index (χ4v) is 2.20. The number of rotatable bonds is 4. The molecule has 1 aromatic heterocycles. The van der Waals surface area contributed by atoms with Crippen molar-refractivity contribution in [3.05, 3.63) is 83.1 Å². The number of benzene rings is 1. The second kappa shape index (κ2) is 9.65. The first-order chi connectivity index (χ1) is 13.3. The molecule has 3 N–H and O–H groups in total. The fourth-order valence-electron chi connectivity index (χ4n) is 2.20. The van der Waals surface area contributed by atoms with Gasteiger partial charge in [-0.1, -0.05) is 12.1 Å². The van der Waals surface area contributed by atoms with Gasteiger partial charge >= 0.3 is 6.18 Å². The van der Waals surface area contributed by atoms with Gasteiger partial charge in [0, 0.05) is 18.4 Å². The third-order valence-electron chi connectivity index (χ3n) is 3.60. The van der Waals surface area contributed by atoms with E-state index in [9.17, 15) is 22.4 Å². The Morgan fingerprint density at radius 1 is 1.11 bits per heavy atom. The highest BCUT2D eigenvalue weighted by Gasteiger charge is 2.30. The first-order valence-electron chi connectivity index (χ1n) is 8.16. The van der Waals surface area contributed by atoms with Gasteiger partial charge in [0.1, 0.15) is 5.69 Å². The minimum absolute atomic E-state index is 0.141. The van der Waals surface area contributed by atoms with Crippen molar-refractivity contribution >= 4 is 12.0 Å². The molecule has 1 aliphatic heterocycles. The van der Waals surface area contributed by atoms with Crippen LogP contribution < -0.4 is 16.2 Å². The number of hydrogen-bond donors (Lipinski definition) is 3. The average molecular weight is 394 g/mol. The number of carbonyl (C=O) groups excluding carboxylic acids is 1. The lowest BCUT2D eigenvalue weighted by Gasteiger charge is -2.19. The highest BCUT2D eigenvalue weighted by atomic mass is 19.4. The highest BCUT2D eigenvalue weighted by molar-refractivity contribution is 5.71. The van der Waals surface area contributed by atoms with Gasteiger partial charge in [-0.05, 0) is 49.0 Å². The lowest BCUT2D eigenvalue weighted by Crippen LogP contribution is -2.35. The lowest BCUT2D eigenvalue weighted by molar-refractivity contribution is -0.137. The Balaban J connectivity index is 0.000000261. The molecular formula is C19H18F4N4O. The van der Waals surface area contributed by atoms with E-state index < -0.39 is 17.6 Å². The Morgan fingerprint density at radius 3 is 2.29 bits per heavy atom. The molecule has 9 heteroatoms. The monoisotopic (exact) mass is 394 g/mol. The van der Waals surface area contributed by atoms with Crippen LogP contribution in [0.25, 0.3) is 5.70 Å². The largest absolute Gasteiger partial charge is 0.416 e. The van der Waals surface area contributed by atoms with Crippen molar-refractivity contribution in [1.82, 2.24) is 21.2 Å². The predicted molar refractivity (Wildman–Crippen MR) is 97.3 cm³/mol. The van der Waals surface area contributed by atoms with Crippen molar-refractivity contribution < 1.29 is 22.4 Å². The molecule has 1 aromatic carbocycles. The molecule has 28 heavy (non-hydrogen) atoms. The SMILES string of the molecule is CNCC1=CC=C(c2ccc(C(F)(F)F)cc2)NN1.O=Cc1ncccc1F. The van der Waals surface area contributed by atoms with Crippen LogP contribution in [-0.2, 0) is 6.18 Å². The van der Waals surface area contributed by atoms with E-state index >= 15 is 0 Å². The molecule has 2 heterocycles. The van der Waals surface area contributed by atoms with Crippen molar-refractivity contribution in [3.8, 4) is 0 Å². The Kier molecular flexibility index (Phi) is 7.28. The molecule has 2 aromatic rings. The van der Waals surface area contributed by atoms with Crippen LogP contribution in [0.15, 0.2) is 60.4 Å². The van der Waals surface area contributed by atoms with Crippen LogP contribution in [0.5, 0.6) is 0 Å². The third-order valence-corrected chi connectivity index (χ3v) is 3.60. The van der Waals surface area contributed by atoms with E-state index in [-0.39, 0.29) is 5.69 Å². The number of aldehydes is 1. The minimum atomic E-state index is -4.30. The molecule has 0 spiro atoms. The van der Waals surface area contributed by atoms with Gasteiger partial charge in [-0.15, -0.1) is 0 Å². The van der Waals surface area contributed by atoms with Gasteiger partial charge < -0.3 is 16.2 Å². The zero-order valence-corrected chi connectivity index (χ0v) is 14.8. The minimum Gasteiger partial charge on any atom is -0.314 e. The molecule has 0 amide bonds. The standard InChI is InChI=1S/C13H14F3N3.C6H4FNO/c1-17-8-11-6-7-12(19-18-11)9-2-4-10(5-3-9)13(14,15)16;7-5-2-1-3-8-6(5)4-9/h2-7,17-19H,8H2,1H3;1-4H. The molecule has 3 rings (SSSR count). The molecule has 0 atom stereocenters. The molecule has 0 bridgehead atoms. The van der Waals surface area contributed by atoms with E-state index in [4.69, 9.17) is 0 Å². The summed E-state index contributed by atoms with van der Waals surface area (Å²) < 4.78 is 49.6. The predicted octanol–water partition coefficient (Wildman–Crippen LogP) is 3.29. The zero-order chi connectivity index (χ0) is 20.6. The summed E-state index contributed by atoms with van der Waals surface area (Å²) in [6.07, 6.45) is 1.15. The van der Waals surface area contributed by atoms with E-state index in [1.807, 2.05) is 19.2 Å². The van der Waals surface area contributed by atoms with Crippen LogP contribution in [0.4, 0.5) is 17.6 Å². The molecule has 0 fully saturated rings. The average Bonchev–Trinajstić information content (AvgIpc) is 2.69. The molecule has 0 saturated carbocycles. The summed E-state index contributed by atoms with van der Waals surface area (Å²) in [7, 11) is 1.83. The highest BCUT2D eigenvalue weighted by Crippen LogP contribution is 2.29.